The van der Waals surface area contributed by atoms with Crippen molar-refractivity contribution in [2.75, 3.05) is 11.9 Å². The Labute approximate surface area is 151 Å². The molecule has 3 rings (SSSR count). The van der Waals surface area contributed by atoms with E-state index in [2.05, 4.69) is 33.5 Å². The van der Waals surface area contributed by atoms with E-state index < -0.39 is 6.09 Å². The number of aromatic nitrogens is 1. The van der Waals surface area contributed by atoms with E-state index in [1.807, 2.05) is 30.3 Å². The molecule has 0 atom stereocenters. The lowest BCUT2D eigenvalue weighted by atomic mass is 10.1. The molecule has 0 spiro atoms. The number of rotatable bonds is 6. The Balaban J connectivity index is 1.96. The molecule has 26 heavy (non-hydrogen) atoms. The first-order valence-corrected chi connectivity index (χ1v) is 8.43. The van der Waals surface area contributed by atoms with Gasteiger partial charge in [0.2, 0.25) is 5.91 Å². The highest BCUT2D eigenvalue weighted by Crippen LogP contribution is 2.26. The summed E-state index contributed by atoms with van der Waals surface area (Å²) in [5.74, 6) is -0.0637. The predicted octanol–water partition coefficient (Wildman–Crippen LogP) is 3.46. The van der Waals surface area contributed by atoms with E-state index in [1.54, 1.807) is 6.07 Å². The predicted molar refractivity (Wildman–Crippen MR) is 102 cm³/mol. The van der Waals surface area contributed by atoms with Crippen LogP contribution in [0.1, 0.15) is 18.1 Å². The Bertz CT molecular complexity index is 932. The molecule has 0 saturated heterocycles. The van der Waals surface area contributed by atoms with Crippen molar-refractivity contribution in [3.63, 3.8) is 0 Å². The summed E-state index contributed by atoms with van der Waals surface area (Å²) in [6, 6.07) is 15.7. The van der Waals surface area contributed by atoms with Gasteiger partial charge in [-0.3, -0.25) is 10.1 Å². The number of carbonyl (C=O) groups excluding carboxylic acids is 1. The topological polar surface area (TPSA) is 83.4 Å². The molecule has 134 valence electrons. The summed E-state index contributed by atoms with van der Waals surface area (Å²) in [4.78, 5) is 22.0. The molecule has 2 amide bonds. The summed E-state index contributed by atoms with van der Waals surface area (Å²) < 4.78 is 2.15. The van der Waals surface area contributed by atoms with Crippen molar-refractivity contribution in [1.82, 2.24) is 9.88 Å². The number of nitrogens with zero attached hydrogens (tertiary/aromatic N) is 1. The van der Waals surface area contributed by atoms with Gasteiger partial charge >= 0.3 is 6.09 Å². The molecule has 3 N–H and O–H groups in total. The van der Waals surface area contributed by atoms with Crippen molar-refractivity contribution in [3.05, 3.63) is 65.9 Å². The first-order chi connectivity index (χ1) is 12.5. The second-order valence-electron chi connectivity index (χ2n) is 6.16. The zero-order valence-electron chi connectivity index (χ0n) is 14.5. The fourth-order valence-electron chi connectivity index (χ4n) is 3.06. The second-order valence-corrected chi connectivity index (χ2v) is 6.16. The molecule has 1 heterocycles. The summed E-state index contributed by atoms with van der Waals surface area (Å²) in [5, 5.41) is 15.1. The maximum Gasteiger partial charge on any atom is 0.409 e. The number of anilines is 1. The minimum atomic E-state index is -1.09. The van der Waals surface area contributed by atoms with Crippen molar-refractivity contribution >= 4 is 28.6 Å². The van der Waals surface area contributed by atoms with E-state index in [9.17, 15) is 9.59 Å². The monoisotopic (exact) mass is 351 g/mol. The van der Waals surface area contributed by atoms with Crippen LogP contribution in [0.2, 0.25) is 0 Å². The van der Waals surface area contributed by atoms with Crippen LogP contribution in [0.3, 0.4) is 0 Å². The first kappa shape index (κ1) is 17.5. The second kappa shape index (κ2) is 7.74. The van der Waals surface area contributed by atoms with Crippen molar-refractivity contribution in [3.8, 4) is 0 Å². The number of amides is 2. The lowest BCUT2D eigenvalue weighted by Gasteiger charge is -2.06. The van der Waals surface area contributed by atoms with Crippen molar-refractivity contribution < 1.29 is 14.7 Å². The van der Waals surface area contributed by atoms with Crippen LogP contribution in [0.15, 0.2) is 54.7 Å². The van der Waals surface area contributed by atoms with Crippen LogP contribution in [-0.4, -0.2) is 28.2 Å². The average Bonchev–Trinajstić information content (AvgIpc) is 2.92. The Kier molecular flexibility index (Phi) is 5.22. The summed E-state index contributed by atoms with van der Waals surface area (Å²) in [7, 11) is 0. The molecule has 1 aromatic heterocycles. The SMILES string of the molecule is CC(=O)NCCc1cn(Cc2ccccc2)c2ccc(NC(=O)O)cc12. The molecule has 0 unspecified atom stereocenters. The third kappa shape index (κ3) is 4.22. The maximum atomic E-state index is 11.1. The summed E-state index contributed by atoms with van der Waals surface area (Å²) in [5.41, 5.74) is 3.81. The van der Waals surface area contributed by atoms with Crippen LogP contribution in [-0.2, 0) is 17.8 Å². The molecule has 2 aromatic carbocycles. The number of hydrogen-bond acceptors (Lipinski definition) is 2. The van der Waals surface area contributed by atoms with E-state index in [-0.39, 0.29) is 5.91 Å². The van der Waals surface area contributed by atoms with Crippen molar-refractivity contribution in [2.45, 2.75) is 19.9 Å². The van der Waals surface area contributed by atoms with Gasteiger partial charge in [-0.15, -0.1) is 0 Å². The average molecular weight is 351 g/mol. The number of carboxylic acid groups (broad SMARTS) is 1. The highest BCUT2D eigenvalue weighted by molar-refractivity contribution is 5.91. The quantitative estimate of drug-likeness (QED) is 0.636. The molecule has 3 aromatic rings. The number of fused-ring (bicyclic) bond motifs is 1. The van der Waals surface area contributed by atoms with Crippen LogP contribution in [0.5, 0.6) is 0 Å². The molecule has 6 heteroatoms. The van der Waals surface area contributed by atoms with Crippen LogP contribution in [0.25, 0.3) is 10.9 Å². The van der Waals surface area contributed by atoms with Gasteiger partial charge in [-0.25, -0.2) is 4.79 Å². The van der Waals surface area contributed by atoms with E-state index in [4.69, 9.17) is 5.11 Å². The third-order valence-corrected chi connectivity index (χ3v) is 4.18. The van der Waals surface area contributed by atoms with Gasteiger partial charge in [0.05, 0.1) is 0 Å². The normalized spacial score (nSPS) is 10.7. The molecule has 0 fully saturated rings. The highest BCUT2D eigenvalue weighted by Gasteiger charge is 2.11. The zero-order chi connectivity index (χ0) is 18.5. The fourth-order valence-corrected chi connectivity index (χ4v) is 3.06. The molecule has 0 aliphatic heterocycles. The number of nitrogens with one attached hydrogen (secondary N) is 2. The van der Waals surface area contributed by atoms with E-state index in [1.165, 1.54) is 12.5 Å². The van der Waals surface area contributed by atoms with Gasteiger partial charge in [0, 0.05) is 42.8 Å². The van der Waals surface area contributed by atoms with Gasteiger partial charge in [0.1, 0.15) is 0 Å². The largest absolute Gasteiger partial charge is 0.465 e. The lowest BCUT2D eigenvalue weighted by molar-refractivity contribution is -0.118. The smallest absolute Gasteiger partial charge is 0.409 e. The molecule has 0 saturated carbocycles. The maximum absolute atomic E-state index is 11.1. The Morgan fingerprint density at radius 1 is 1.12 bits per heavy atom. The number of benzene rings is 2. The van der Waals surface area contributed by atoms with Crippen LogP contribution >= 0.6 is 0 Å². The van der Waals surface area contributed by atoms with Gasteiger partial charge < -0.3 is 15.0 Å². The van der Waals surface area contributed by atoms with E-state index in [0.29, 0.717) is 18.7 Å². The van der Waals surface area contributed by atoms with Crippen molar-refractivity contribution in [2.24, 2.45) is 0 Å². The number of hydrogen-bond donors (Lipinski definition) is 3. The highest BCUT2D eigenvalue weighted by atomic mass is 16.4. The third-order valence-electron chi connectivity index (χ3n) is 4.18. The summed E-state index contributed by atoms with van der Waals surface area (Å²) >= 11 is 0. The van der Waals surface area contributed by atoms with E-state index >= 15 is 0 Å². The van der Waals surface area contributed by atoms with E-state index in [0.717, 1.165) is 23.0 Å². The summed E-state index contributed by atoms with van der Waals surface area (Å²) in [6.07, 6.45) is 1.66. The minimum Gasteiger partial charge on any atom is -0.465 e. The molecular weight excluding hydrogens is 330 g/mol. The van der Waals surface area contributed by atoms with Crippen LogP contribution in [0.4, 0.5) is 10.5 Å². The summed E-state index contributed by atoms with van der Waals surface area (Å²) in [6.45, 7) is 2.76. The molecule has 0 aliphatic carbocycles. The number of carbonyl (C=O) groups is 2. The van der Waals surface area contributed by atoms with Gasteiger partial charge in [0.25, 0.3) is 0 Å². The molecule has 0 radical (unpaired) electrons. The van der Waals surface area contributed by atoms with Crippen LogP contribution in [0, 0.1) is 0 Å². The van der Waals surface area contributed by atoms with Crippen LogP contribution < -0.4 is 10.6 Å². The lowest BCUT2D eigenvalue weighted by Crippen LogP contribution is -2.22. The Morgan fingerprint density at radius 2 is 1.88 bits per heavy atom. The fraction of sp³-hybridized carbons (Fsp3) is 0.200. The molecular formula is C20H21N3O3. The minimum absolute atomic E-state index is 0.0637. The molecule has 6 nitrogen and oxygen atoms in total. The van der Waals surface area contributed by atoms with Gasteiger partial charge in [-0.2, -0.15) is 0 Å². The first-order valence-electron chi connectivity index (χ1n) is 8.43. The zero-order valence-corrected chi connectivity index (χ0v) is 14.5. The van der Waals surface area contributed by atoms with Gasteiger partial charge in [-0.05, 0) is 35.7 Å². The van der Waals surface area contributed by atoms with Crippen molar-refractivity contribution in [1.29, 1.82) is 0 Å². The van der Waals surface area contributed by atoms with Gasteiger partial charge in [0.15, 0.2) is 0 Å². The molecule has 0 aliphatic rings. The Morgan fingerprint density at radius 3 is 2.58 bits per heavy atom. The standard InChI is InChI=1S/C20H21N3O3/c1-14(24)21-10-9-16-13-23(12-15-5-3-2-4-6-15)19-8-7-17(11-18(16)19)22-20(25)26/h2-8,11,13,22H,9-10,12H2,1H3,(H,21,24)(H,25,26). The molecule has 0 bridgehead atoms. The Hall–Kier alpha value is -3.28. The van der Waals surface area contributed by atoms with Gasteiger partial charge in [-0.1, -0.05) is 30.3 Å².